The zero-order chi connectivity index (χ0) is 24.6. The van der Waals surface area contributed by atoms with E-state index in [0.717, 1.165) is 5.56 Å². The van der Waals surface area contributed by atoms with E-state index in [2.05, 4.69) is 5.32 Å². The van der Waals surface area contributed by atoms with Crippen LogP contribution in [0.1, 0.15) is 5.56 Å². The van der Waals surface area contributed by atoms with E-state index >= 15 is 0 Å². The van der Waals surface area contributed by atoms with Crippen LogP contribution in [0.2, 0.25) is 0 Å². The summed E-state index contributed by atoms with van der Waals surface area (Å²) in [4.78, 5) is 13.0. The molecule has 34 heavy (non-hydrogen) atoms. The van der Waals surface area contributed by atoms with Gasteiger partial charge in [-0.05, 0) is 48.4 Å². The van der Waals surface area contributed by atoms with E-state index < -0.39 is 15.9 Å². The van der Waals surface area contributed by atoms with E-state index in [-0.39, 0.29) is 18.0 Å². The summed E-state index contributed by atoms with van der Waals surface area (Å²) in [6.45, 7) is -0.247. The number of nitrogens with one attached hydrogen (secondary N) is 1. The molecule has 9 heteroatoms. The van der Waals surface area contributed by atoms with Gasteiger partial charge in [0, 0.05) is 12.6 Å². The molecule has 0 spiro atoms. The average molecular weight is 485 g/mol. The van der Waals surface area contributed by atoms with Crippen molar-refractivity contribution in [3.63, 3.8) is 0 Å². The van der Waals surface area contributed by atoms with Gasteiger partial charge in [0.1, 0.15) is 17.2 Å². The van der Waals surface area contributed by atoms with Crippen LogP contribution in [0.3, 0.4) is 0 Å². The number of anilines is 1. The third-order valence-electron chi connectivity index (χ3n) is 5.19. The number of amides is 1. The first-order valence-electron chi connectivity index (χ1n) is 10.6. The normalized spacial score (nSPS) is 11.2. The van der Waals surface area contributed by atoms with Gasteiger partial charge in [-0.25, -0.2) is 8.42 Å². The van der Waals surface area contributed by atoms with E-state index in [1.807, 2.05) is 30.3 Å². The molecule has 3 rings (SSSR count). The molecule has 3 aromatic carbocycles. The van der Waals surface area contributed by atoms with Crippen LogP contribution in [-0.4, -0.2) is 53.0 Å². The maximum Gasteiger partial charge on any atom is 0.243 e. The van der Waals surface area contributed by atoms with Crippen molar-refractivity contribution in [1.29, 1.82) is 0 Å². The van der Waals surface area contributed by atoms with Crippen LogP contribution >= 0.6 is 0 Å². The van der Waals surface area contributed by atoms with Gasteiger partial charge in [-0.15, -0.1) is 0 Å². The predicted molar refractivity (Wildman–Crippen MR) is 130 cm³/mol. The van der Waals surface area contributed by atoms with Gasteiger partial charge in [-0.3, -0.25) is 4.79 Å². The molecule has 3 aromatic rings. The number of rotatable bonds is 11. The first kappa shape index (κ1) is 25.1. The smallest absolute Gasteiger partial charge is 0.243 e. The molecule has 0 fully saturated rings. The molecule has 8 nitrogen and oxygen atoms in total. The van der Waals surface area contributed by atoms with Crippen molar-refractivity contribution in [2.75, 3.05) is 39.7 Å². The number of methoxy groups -OCH3 is 3. The fourth-order valence-corrected chi connectivity index (χ4v) is 4.74. The van der Waals surface area contributed by atoms with Crippen molar-refractivity contribution < 1.29 is 27.4 Å². The number of carbonyl (C=O) groups is 1. The molecule has 0 saturated carbocycles. The SMILES string of the molecule is COc1ccc(S(=O)(=O)N(CCc2ccccc2)CC(=O)Nc2cc(OC)ccc2OC)cc1. The molecule has 0 unspecified atom stereocenters. The molecular weight excluding hydrogens is 456 g/mol. The Balaban J connectivity index is 1.84. The molecule has 0 bridgehead atoms. The van der Waals surface area contributed by atoms with E-state index in [0.29, 0.717) is 29.4 Å². The van der Waals surface area contributed by atoms with Crippen LogP contribution < -0.4 is 19.5 Å². The van der Waals surface area contributed by atoms with Crippen LogP contribution in [0.5, 0.6) is 17.2 Å². The molecule has 0 aliphatic rings. The van der Waals surface area contributed by atoms with Crippen LogP contribution in [0, 0.1) is 0 Å². The summed E-state index contributed by atoms with van der Waals surface area (Å²) >= 11 is 0. The number of carbonyl (C=O) groups excluding carboxylic acids is 1. The molecule has 0 aromatic heterocycles. The molecule has 0 saturated heterocycles. The Morgan fingerprint density at radius 3 is 2.12 bits per heavy atom. The number of benzene rings is 3. The lowest BCUT2D eigenvalue weighted by Crippen LogP contribution is -2.39. The monoisotopic (exact) mass is 484 g/mol. The summed E-state index contributed by atoms with van der Waals surface area (Å²) in [6.07, 6.45) is 0.450. The fraction of sp³-hybridized carbons (Fsp3) is 0.240. The van der Waals surface area contributed by atoms with Crippen LogP contribution in [-0.2, 0) is 21.2 Å². The Morgan fingerprint density at radius 1 is 0.853 bits per heavy atom. The minimum absolute atomic E-state index is 0.0770. The zero-order valence-corrected chi connectivity index (χ0v) is 20.2. The van der Waals surface area contributed by atoms with Gasteiger partial charge in [0.15, 0.2) is 0 Å². The minimum atomic E-state index is -3.95. The summed E-state index contributed by atoms with van der Waals surface area (Å²) in [5, 5.41) is 2.74. The highest BCUT2D eigenvalue weighted by Crippen LogP contribution is 2.29. The minimum Gasteiger partial charge on any atom is -0.497 e. The fourth-order valence-electron chi connectivity index (χ4n) is 3.34. The Hall–Kier alpha value is -3.56. The van der Waals surface area contributed by atoms with Crippen molar-refractivity contribution in [2.24, 2.45) is 0 Å². The van der Waals surface area contributed by atoms with E-state index in [9.17, 15) is 13.2 Å². The number of ether oxygens (including phenoxy) is 3. The Labute approximate surface area is 200 Å². The third kappa shape index (κ3) is 6.27. The Kier molecular flexibility index (Phi) is 8.50. The first-order valence-corrected chi connectivity index (χ1v) is 12.0. The van der Waals surface area contributed by atoms with Gasteiger partial charge in [-0.2, -0.15) is 4.31 Å². The van der Waals surface area contributed by atoms with Gasteiger partial charge in [0.2, 0.25) is 15.9 Å². The van der Waals surface area contributed by atoms with Crippen LogP contribution in [0.4, 0.5) is 5.69 Å². The Morgan fingerprint density at radius 2 is 1.50 bits per heavy atom. The second-order valence-corrected chi connectivity index (χ2v) is 9.30. The van der Waals surface area contributed by atoms with Crippen molar-refractivity contribution in [2.45, 2.75) is 11.3 Å². The van der Waals surface area contributed by atoms with E-state index in [1.54, 1.807) is 30.3 Å². The first-order chi connectivity index (χ1) is 16.4. The molecule has 180 valence electrons. The molecular formula is C25H28N2O6S. The van der Waals surface area contributed by atoms with Gasteiger partial charge in [0.25, 0.3) is 0 Å². The number of nitrogens with zero attached hydrogens (tertiary/aromatic N) is 1. The van der Waals surface area contributed by atoms with Crippen molar-refractivity contribution >= 4 is 21.6 Å². The molecule has 1 N–H and O–H groups in total. The molecule has 0 aliphatic heterocycles. The standard InChI is InChI=1S/C25H28N2O6S/c1-31-20-9-12-22(13-10-20)34(29,30)27(16-15-19-7-5-4-6-8-19)18-25(28)26-23-17-21(32-2)11-14-24(23)33-3/h4-14,17H,15-16,18H2,1-3H3,(H,26,28). The number of hydrogen-bond acceptors (Lipinski definition) is 6. The van der Waals surface area contributed by atoms with Crippen molar-refractivity contribution in [1.82, 2.24) is 4.31 Å². The van der Waals surface area contributed by atoms with E-state index in [1.165, 1.54) is 37.8 Å². The van der Waals surface area contributed by atoms with Gasteiger partial charge in [0.05, 0.1) is 38.5 Å². The summed E-state index contributed by atoms with van der Waals surface area (Å²) in [5.74, 6) is 1.00. The molecule has 1 amide bonds. The largest absolute Gasteiger partial charge is 0.497 e. The maximum absolute atomic E-state index is 13.4. The lowest BCUT2D eigenvalue weighted by atomic mass is 10.1. The van der Waals surface area contributed by atoms with Crippen molar-refractivity contribution in [3.8, 4) is 17.2 Å². The zero-order valence-electron chi connectivity index (χ0n) is 19.4. The third-order valence-corrected chi connectivity index (χ3v) is 7.05. The average Bonchev–Trinajstić information content (AvgIpc) is 2.87. The van der Waals surface area contributed by atoms with E-state index in [4.69, 9.17) is 14.2 Å². The highest BCUT2D eigenvalue weighted by molar-refractivity contribution is 7.89. The lowest BCUT2D eigenvalue weighted by Gasteiger charge is -2.22. The van der Waals surface area contributed by atoms with Crippen LogP contribution in [0.25, 0.3) is 0 Å². The van der Waals surface area contributed by atoms with Gasteiger partial charge in [-0.1, -0.05) is 30.3 Å². The summed E-state index contributed by atoms with van der Waals surface area (Å²) in [5.41, 5.74) is 1.35. The summed E-state index contributed by atoms with van der Waals surface area (Å²) in [7, 11) is 0.554. The van der Waals surface area contributed by atoms with Crippen LogP contribution in [0.15, 0.2) is 77.7 Å². The summed E-state index contributed by atoms with van der Waals surface area (Å²) < 4.78 is 43.7. The highest BCUT2D eigenvalue weighted by Gasteiger charge is 2.27. The topological polar surface area (TPSA) is 94.2 Å². The predicted octanol–water partition coefficient (Wildman–Crippen LogP) is 3.58. The highest BCUT2D eigenvalue weighted by atomic mass is 32.2. The molecule has 0 atom stereocenters. The summed E-state index contributed by atoms with van der Waals surface area (Å²) in [6, 6.07) is 20.6. The molecule has 0 radical (unpaired) electrons. The quantitative estimate of drug-likeness (QED) is 0.447. The maximum atomic E-state index is 13.4. The number of sulfonamides is 1. The number of hydrogen-bond donors (Lipinski definition) is 1. The molecule has 0 heterocycles. The second-order valence-electron chi connectivity index (χ2n) is 7.36. The molecule has 0 aliphatic carbocycles. The van der Waals surface area contributed by atoms with Gasteiger partial charge >= 0.3 is 0 Å². The Bertz CT molecular complexity index is 1200. The van der Waals surface area contributed by atoms with Gasteiger partial charge < -0.3 is 19.5 Å². The lowest BCUT2D eigenvalue weighted by molar-refractivity contribution is -0.116. The van der Waals surface area contributed by atoms with Crippen molar-refractivity contribution in [3.05, 3.63) is 78.4 Å². The second kappa shape index (κ2) is 11.5.